The molecule has 5 nitrogen and oxygen atoms in total. The number of carbonyl (C=O) groups is 2. The molecule has 19 heavy (non-hydrogen) atoms. The van der Waals surface area contributed by atoms with Gasteiger partial charge in [-0.25, -0.2) is 0 Å². The average molecular weight is 282 g/mol. The molecule has 1 aromatic heterocycles. The topological polar surface area (TPSA) is 60.9 Å². The molecule has 0 radical (unpaired) electrons. The van der Waals surface area contributed by atoms with Crippen molar-refractivity contribution < 1.29 is 14.7 Å². The van der Waals surface area contributed by atoms with Gasteiger partial charge in [-0.3, -0.25) is 9.59 Å². The van der Waals surface area contributed by atoms with Crippen molar-refractivity contribution in [2.24, 2.45) is 0 Å². The van der Waals surface area contributed by atoms with Gasteiger partial charge in [0.2, 0.25) is 5.91 Å². The van der Waals surface area contributed by atoms with Crippen LogP contribution in [-0.2, 0) is 16.0 Å². The lowest BCUT2D eigenvalue weighted by Crippen LogP contribution is -2.52. The van der Waals surface area contributed by atoms with Crippen LogP contribution in [0.4, 0.5) is 0 Å². The predicted molar refractivity (Wildman–Crippen MR) is 72.9 cm³/mol. The monoisotopic (exact) mass is 282 g/mol. The lowest BCUT2D eigenvalue weighted by molar-refractivity contribution is -0.144. The van der Waals surface area contributed by atoms with Gasteiger partial charge >= 0.3 is 0 Å². The van der Waals surface area contributed by atoms with Crippen LogP contribution in [0.5, 0.6) is 0 Å². The van der Waals surface area contributed by atoms with E-state index in [1.54, 1.807) is 21.1 Å². The van der Waals surface area contributed by atoms with Crippen LogP contribution in [0, 0.1) is 0 Å². The van der Waals surface area contributed by atoms with E-state index in [1.807, 2.05) is 17.5 Å². The van der Waals surface area contributed by atoms with E-state index in [0.29, 0.717) is 32.6 Å². The Morgan fingerprint density at radius 3 is 2.47 bits per heavy atom. The maximum Gasteiger partial charge on any atom is 0.251 e. The summed E-state index contributed by atoms with van der Waals surface area (Å²) in [6, 6.07) is 3.89. The smallest absolute Gasteiger partial charge is 0.251 e. The van der Waals surface area contributed by atoms with E-state index in [0.717, 1.165) is 4.88 Å². The van der Waals surface area contributed by atoms with Crippen LogP contribution < -0.4 is 0 Å². The molecule has 6 heteroatoms. The summed E-state index contributed by atoms with van der Waals surface area (Å²) < 4.78 is 0. The fraction of sp³-hybridized carbons (Fsp3) is 0.538. The molecule has 0 saturated carbocycles. The Morgan fingerprint density at radius 1 is 1.32 bits per heavy atom. The minimum Gasteiger partial charge on any atom is -0.384 e. The van der Waals surface area contributed by atoms with E-state index in [4.69, 9.17) is 0 Å². The number of amides is 2. The summed E-state index contributed by atoms with van der Waals surface area (Å²) in [5.74, 6) is -0.156. The number of nitrogens with zero attached hydrogens (tertiary/aromatic N) is 2. The Hall–Kier alpha value is -1.40. The van der Waals surface area contributed by atoms with Crippen LogP contribution in [-0.4, -0.2) is 59.0 Å². The second-order valence-corrected chi connectivity index (χ2v) is 5.67. The molecule has 1 saturated heterocycles. The Bertz CT molecular complexity index is 437. The molecule has 1 aliphatic heterocycles. The maximum atomic E-state index is 12.1. The van der Waals surface area contributed by atoms with Crippen molar-refractivity contribution in [1.29, 1.82) is 0 Å². The van der Waals surface area contributed by atoms with E-state index >= 15 is 0 Å². The Balaban J connectivity index is 1.83. The zero-order valence-electron chi connectivity index (χ0n) is 10.9. The quantitative estimate of drug-likeness (QED) is 0.870. The summed E-state index contributed by atoms with van der Waals surface area (Å²) in [4.78, 5) is 28.1. The van der Waals surface area contributed by atoms with Gasteiger partial charge in [0.1, 0.15) is 6.10 Å². The molecule has 0 aliphatic carbocycles. The van der Waals surface area contributed by atoms with E-state index < -0.39 is 6.10 Å². The number of aliphatic hydroxyl groups is 1. The lowest BCUT2D eigenvalue weighted by atomic mass is 10.2. The Labute approximate surface area is 116 Å². The fourth-order valence-corrected chi connectivity index (χ4v) is 2.81. The van der Waals surface area contributed by atoms with Gasteiger partial charge in [-0.1, -0.05) is 6.07 Å². The van der Waals surface area contributed by atoms with Crippen molar-refractivity contribution in [2.45, 2.75) is 19.4 Å². The van der Waals surface area contributed by atoms with Gasteiger partial charge in [0.05, 0.1) is 6.42 Å². The third-order valence-electron chi connectivity index (χ3n) is 3.21. The molecular formula is C13H18N2O3S. The van der Waals surface area contributed by atoms with Gasteiger partial charge in [-0.2, -0.15) is 0 Å². The first-order valence-electron chi connectivity index (χ1n) is 6.35. The van der Waals surface area contributed by atoms with Crippen molar-refractivity contribution in [3.63, 3.8) is 0 Å². The summed E-state index contributed by atoms with van der Waals surface area (Å²) in [5, 5.41) is 11.2. The molecule has 1 unspecified atom stereocenters. The summed E-state index contributed by atoms with van der Waals surface area (Å²) in [6.07, 6.45) is -0.532. The Kier molecular flexibility index (Phi) is 4.55. The van der Waals surface area contributed by atoms with Gasteiger partial charge in [0, 0.05) is 31.1 Å². The van der Waals surface area contributed by atoms with Crippen LogP contribution in [0.3, 0.4) is 0 Å². The lowest BCUT2D eigenvalue weighted by Gasteiger charge is -2.35. The molecule has 1 atom stereocenters. The molecule has 2 rings (SSSR count). The molecule has 0 bridgehead atoms. The normalized spacial score (nSPS) is 17.4. The predicted octanol–water partition coefficient (Wildman–Crippen LogP) is 0.342. The number of hydrogen-bond donors (Lipinski definition) is 1. The molecule has 2 amide bonds. The minimum absolute atomic E-state index is 0.103. The largest absolute Gasteiger partial charge is 0.384 e. The molecular weight excluding hydrogens is 264 g/mol. The fourth-order valence-electron chi connectivity index (χ4n) is 2.11. The summed E-state index contributed by atoms with van der Waals surface area (Å²) in [7, 11) is 0. The van der Waals surface area contributed by atoms with Crippen LogP contribution in [0.25, 0.3) is 0 Å². The number of hydrogen-bond acceptors (Lipinski definition) is 4. The maximum absolute atomic E-state index is 12.1. The highest BCUT2D eigenvalue weighted by molar-refractivity contribution is 7.10. The Morgan fingerprint density at radius 2 is 1.95 bits per heavy atom. The van der Waals surface area contributed by atoms with E-state index in [1.165, 1.54) is 6.92 Å². The highest BCUT2D eigenvalue weighted by Gasteiger charge is 2.25. The molecule has 1 aromatic rings. The average Bonchev–Trinajstić information content (AvgIpc) is 2.90. The molecule has 1 aliphatic rings. The molecule has 1 fully saturated rings. The first-order chi connectivity index (χ1) is 9.08. The zero-order chi connectivity index (χ0) is 13.8. The highest BCUT2D eigenvalue weighted by atomic mass is 32.1. The van der Waals surface area contributed by atoms with Crippen LogP contribution in [0.2, 0.25) is 0 Å². The molecule has 1 N–H and O–H groups in total. The van der Waals surface area contributed by atoms with E-state index in [2.05, 4.69) is 0 Å². The number of piperazine rings is 1. The van der Waals surface area contributed by atoms with Crippen molar-refractivity contribution in [1.82, 2.24) is 9.80 Å². The second-order valence-electron chi connectivity index (χ2n) is 4.64. The molecule has 104 valence electrons. The van der Waals surface area contributed by atoms with Crippen molar-refractivity contribution in [2.75, 3.05) is 26.2 Å². The first kappa shape index (κ1) is 14.0. The van der Waals surface area contributed by atoms with Gasteiger partial charge < -0.3 is 14.9 Å². The van der Waals surface area contributed by atoms with Crippen LogP contribution in [0.15, 0.2) is 17.5 Å². The van der Waals surface area contributed by atoms with Gasteiger partial charge in [-0.15, -0.1) is 11.3 Å². The van der Waals surface area contributed by atoms with Crippen LogP contribution in [0.1, 0.15) is 11.8 Å². The number of aliphatic hydroxyl groups excluding tert-OH is 1. The number of carbonyl (C=O) groups excluding carboxylic acids is 2. The zero-order valence-corrected chi connectivity index (χ0v) is 11.7. The summed E-state index contributed by atoms with van der Waals surface area (Å²) in [6.45, 7) is 3.56. The molecule has 0 aromatic carbocycles. The molecule has 0 spiro atoms. The van der Waals surface area contributed by atoms with E-state index in [9.17, 15) is 14.7 Å². The van der Waals surface area contributed by atoms with E-state index in [-0.39, 0.29) is 11.8 Å². The molecule has 2 heterocycles. The van der Waals surface area contributed by atoms with Crippen LogP contribution >= 0.6 is 11.3 Å². The standard InChI is InChI=1S/C13H18N2O3S/c1-10(16)13(18)15-6-4-14(5-7-15)12(17)9-11-3-2-8-19-11/h2-3,8,10,16H,4-7,9H2,1H3. The summed E-state index contributed by atoms with van der Waals surface area (Å²) >= 11 is 1.58. The SMILES string of the molecule is CC(O)C(=O)N1CCN(C(=O)Cc2cccs2)CC1. The van der Waals surface area contributed by atoms with Crippen molar-refractivity contribution in [3.8, 4) is 0 Å². The second kappa shape index (κ2) is 6.16. The third kappa shape index (κ3) is 3.54. The highest BCUT2D eigenvalue weighted by Crippen LogP contribution is 2.12. The van der Waals surface area contributed by atoms with Crippen molar-refractivity contribution >= 4 is 23.2 Å². The first-order valence-corrected chi connectivity index (χ1v) is 7.23. The van der Waals surface area contributed by atoms with Crippen molar-refractivity contribution in [3.05, 3.63) is 22.4 Å². The van der Waals surface area contributed by atoms with Gasteiger partial charge in [0.25, 0.3) is 5.91 Å². The third-order valence-corrected chi connectivity index (χ3v) is 4.08. The number of rotatable bonds is 3. The van der Waals surface area contributed by atoms with Gasteiger partial charge in [-0.05, 0) is 18.4 Å². The van der Waals surface area contributed by atoms with Gasteiger partial charge in [0.15, 0.2) is 0 Å². The minimum atomic E-state index is -0.964. The number of thiophene rings is 1. The summed E-state index contributed by atoms with van der Waals surface area (Å²) in [5.41, 5.74) is 0.